The molecule has 24 heavy (non-hydrogen) atoms. The predicted molar refractivity (Wildman–Crippen MR) is 92.6 cm³/mol. The summed E-state index contributed by atoms with van der Waals surface area (Å²) < 4.78 is 6.81. The maximum Gasteiger partial charge on any atom is 0.345 e. The Labute approximate surface area is 136 Å². The van der Waals surface area contributed by atoms with Crippen molar-refractivity contribution in [3.63, 3.8) is 0 Å². The highest BCUT2D eigenvalue weighted by Gasteiger charge is 2.12. The van der Waals surface area contributed by atoms with Gasteiger partial charge in [0.05, 0.1) is 16.9 Å². The standard InChI is InChI=1S/C19H14N2O3/c1-12-6-8-14(9-7-12)21-11-16(20-19(21)23)15-10-13-4-2-3-5-17(13)24-18(15)22/h2-11H,1H3,(H,20,23). The SMILES string of the molecule is Cc1ccc(-n2cc(-c3cc4ccccc4oc3=O)[nH]c2=O)cc1. The lowest BCUT2D eigenvalue weighted by Gasteiger charge is -2.01. The molecule has 0 aliphatic rings. The molecule has 0 bridgehead atoms. The Morgan fingerprint density at radius 2 is 1.75 bits per heavy atom. The Kier molecular flexibility index (Phi) is 3.20. The fourth-order valence-corrected chi connectivity index (χ4v) is 2.68. The number of hydrogen-bond acceptors (Lipinski definition) is 3. The molecule has 0 aliphatic carbocycles. The Hall–Kier alpha value is -3.34. The molecular formula is C19H14N2O3. The second-order valence-electron chi connectivity index (χ2n) is 5.66. The van der Waals surface area contributed by atoms with E-state index >= 15 is 0 Å². The predicted octanol–water partition coefficient (Wildman–Crippen LogP) is 3.25. The van der Waals surface area contributed by atoms with Crippen molar-refractivity contribution < 1.29 is 4.42 Å². The summed E-state index contributed by atoms with van der Waals surface area (Å²) in [4.78, 5) is 27.2. The first kappa shape index (κ1) is 14.3. The number of nitrogens with one attached hydrogen (secondary N) is 1. The van der Waals surface area contributed by atoms with Gasteiger partial charge in [0.2, 0.25) is 0 Å². The largest absolute Gasteiger partial charge is 0.422 e. The number of aryl methyl sites for hydroxylation is 1. The number of hydrogen-bond donors (Lipinski definition) is 1. The first-order valence-corrected chi connectivity index (χ1v) is 7.54. The summed E-state index contributed by atoms with van der Waals surface area (Å²) >= 11 is 0. The van der Waals surface area contributed by atoms with Crippen LogP contribution in [0.25, 0.3) is 27.9 Å². The first-order chi connectivity index (χ1) is 11.6. The first-order valence-electron chi connectivity index (χ1n) is 7.54. The second kappa shape index (κ2) is 5.38. The van der Waals surface area contributed by atoms with E-state index in [2.05, 4.69) is 4.98 Å². The van der Waals surface area contributed by atoms with Crippen molar-refractivity contribution in [1.29, 1.82) is 0 Å². The number of para-hydroxylation sites is 1. The second-order valence-corrected chi connectivity index (χ2v) is 5.66. The van der Waals surface area contributed by atoms with Crippen LogP contribution in [0.2, 0.25) is 0 Å². The van der Waals surface area contributed by atoms with E-state index in [-0.39, 0.29) is 5.69 Å². The monoisotopic (exact) mass is 318 g/mol. The van der Waals surface area contributed by atoms with Crippen molar-refractivity contribution in [3.05, 3.63) is 87.3 Å². The van der Waals surface area contributed by atoms with Crippen molar-refractivity contribution in [1.82, 2.24) is 9.55 Å². The van der Waals surface area contributed by atoms with Gasteiger partial charge in [-0.15, -0.1) is 0 Å². The Morgan fingerprint density at radius 3 is 2.54 bits per heavy atom. The van der Waals surface area contributed by atoms with E-state index in [0.717, 1.165) is 16.6 Å². The fraction of sp³-hybridized carbons (Fsp3) is 0.0526. The topological polar surface area (TPSA) is 68.0 Å². The summed E-state index contributed by atoms with van der Waals surface area (Å²) in [5.74, 6) is 0. The van der Waals surface area contributed by atoms with E-state index in [1.54, 1.807) is 24.4 Å². The van der Waals surface area contributed by atoms with Crippen molar-refractivity contribution in [3.8, 4) is 16.9 Å². The zero-order valence-corrected chi connectivity index (χ0v) is 12.9. The molecule has 2 aromatic heterocycles. The average molecular weight is 318 g/mol. The minimum Gasteiger partial charge on any atom is -0.422 e. The van der Waals surface area contributed by atoms with Crippen LogP contribution in [-0.4, -0.2) is 9.55 Å². The number of aromatic nitrogens is 2. The molecule has 0 unspecified atom stereocenters. The minimum atomic E-state index is -0.481. The van der Waals surface area contributed by atoms with E-state index in [1.807, 2.05) is 43.3 Å². The molecule has 4 aromatic rings. The number of nitrogens with zero attached hydrogens (tertiary/aromatic N) is 1. The molecule has 0 aliphatic heterocycles. The molecule has 0 spiro atoms. The summed E-state index contributed by atoms with van der Waals surface area (Å²) in [5.41, 5.74) is 2.34. The number of benzene rings is 2. The van der Waals surface area contributed by atoms with Crippen LogP contribution in [-0.2, 0) is 0 Å². The fourth-order valence-electron chi connectivity index (χ4n) is 2.68. The van der Waals surface area contributed by atoms with Crippen LogP contribution in [0.5, 0.6) is 0 Å². The summed E-state index contributed by atoms with van der Waals surface area (Å²) in [6.45, 7) is 1.98. The third kappa shape index (κ3) is 2.36. The third-order valence-electron chi connectivity index (χ3n) is 3.96. The molecule has 0 saturated heterocycles. The number of fused-ring (bicyclic) bond motifs is 1. The van der Waals surface area contributed by atoms with Crippen LogP contribution >= 0.6 is 0 Å². The Morgan fingerprint density at radius 1 is 1.00 bits per heavy atom. The van der Waals surface area contributed by atoms with Gasteiger partial charge < -0.3 is 9.40 Å². The minimum absolute atomic E-state index is 0.304. The summed E-state index contributed by atoms with van der Waals surface area (Å²) in [7, 11) is 0. The van der Waals surface area contributed by atoms with Crippen LogP contribution in [0.4, 0.5) is 0 Å². The van der Waals surface area contributed by atoms with Gasteiger partial charge in [-0.2, -0.15) is 0 Å². The van der Waals surface area contributed by atoms with Crippen molar-refractivity contribution in [2.75, 3.05) is 0 Å². The lowest BCUT2D eigenvalue weighted by Crippen LogP contribution is -2.13. The lowest BCUT2D eigenvalue weighted by molar-refractivity contribution is 0.563. The van der Waals surface area contributed by atoms with Gasteiger partial charge >= 0.3 is 11.3 Å². The molecule has 0 atom stereocenters. The van der Waals surface area contributed by atoms with Crippen molar-refractivity contribution in [2.45, 2.75) is 6.92 Å². The van der Waals surface area contributed by atoms with E-state index in [4.69, 9.17) is 4.42 Å². The number of H-pyrrole nitrogens is 1. The maximum absolute atomic E-state index is 12.2. The summed E-state index contributed by atoms with van der Waals surface area (Å²) in [6.07, 6.45) is 1.62. The number of rotatable bonds is 2. The Balaban J connectivity index is 1.88. The van der Waals surface area contributed by atoms with Gasteiger partial charge in [-0.3, -0.25) is 4.57 Å². The molecule has 2 aromatic carbocycles. The van der Waals surface area contributed by atoms with Gasteiger partial charge in [-0.25, -0.2) is 9.59 Å². The highest BCUT2D eigenvalue weighted by atomic mass is 16.4. The summed E-state index contributed by atoms with van der Waals surface area (Å²) in [6, 6.07) is 16.6. The maximum atomic E-state index is 12.2. The van der Waals surface area contributed by atoms with Gasteiger partial charge in [-0.05, 0) is 31.2 Å². The van der Waals surface area contributed by atoms with Gasteiger partial charge in [0.1, 0.15) is 5.58 Å². The third-order valence-corrected chi connectivity index (χ3v) is 3.96. The van der Waals surface area contributed by atoms with Crippen molar-refractivity contribution in [2.24, 2.45) is 0 Å². The molecule has 5 nitrogen and oxygen atoms in total. The number of aromatic amines is 1. The molecule has 1 N–H and O–H groups in total. The Bertz CT molecular complexity index is 1150. The molecule has 4 rings (SSSR count). The lowest BCUT2D eigenvalue weighted by atomic mass is 10.1. The zero-order chi connectivity index (χ0) is 16.7. The molecule has 0 saturated carbocycles. The quantitative estimate of drug-likeness (QED) is 0.577. The van der Waals surface area contributed by atoms with Crippen molar-refractivity contribution >= 4 is 11.0 Å². The van der Waals surface area contributed by atoms with Gasteiger partial charge in [0.15, 0.2) is 0 Å². The molecular weight excluding hydrogens is 304 g/mol. The molecule has 2 heterocycles. The van der Waals surface area contributed by atoms with E-state index in [9.17, 15) is 9.59 Å². The zero-order valence-electron chi connectivity index (χ0n) is 12.9. The van der Waals surface area contributed by atoms with E-state index in [0.29, 0.717) is 16.8 Å². The van der Waals surface area contributed by atoms with Crippen LogP contribution in [0.15, 0.2) is 74.8 Å². The normalized spacial score (nSPS) is 11.0. The van der Waals surface area contributed by atoms with Crippen LogP contribution in [0.3, 0.4) is 0 Å². The molecule has 0 amide bonds. The van der Waals surface area contributed by atoms with Gasteiger partial charge in [0.25, 0.3) is 0 Å². The smallest absolute Gasteiger partial charge is 0.345 e. The highest BCUT2D eigenvalue weighted by molar-refractivity contribution is 5.80. The van der Waals surface area contributed by atoms with Gasteiger partial charge in [-0.1, -0.05) is 35.9 Å². The molecule has 5 heteroatoms. The van der Waals surface area contributed by atoms with Crippen LogP contribution < -0.4 is 11.3 Å². The highest BCUT2D eigenvalue weighted by Crippen LogP contribution is 2.19. The summed E-state index contributed by atoms with van der Waals surface area (Å²) in [5, 5.41) is 0.802. The van der Waals surface area contributed by atoms with E-state index < -0.39 is 5.63 Å². The average Bonchev–Trinajstić information content (AvgIpc) is 2.96. The molecule has 118 valence electrons. The molecule has 0 radical (unpaired) electrons. The van der Waals surface area contributed by atoms with Crippen LogP contribution in [0, 0.1) is 6.92 Å². The van der Waals surface area contributed by atoms with Crippen LogP contribution in [0.1, 0.15) is 5.56 Å². The number of imidazole rings is 1. The van der Waals surface area contributed by atoms with E-state index in [1.165, 1.54) is 4.57 Å². The van der Waals surface area contributed by atoms with Gasteiger partial charge in [0, 0.05) is 11.6 Å². The molecule has 0 fully saturated rings.